The maximum atomic E-state index is 12.8. The Morgan fingerprint density at radius 2 is 2.00 bits per heavy atom. The number of halogens is 4. The number of hydrogen-bond donors (Lipinski definition) is 0. The summed E-state index contributed by atoms with van der Waals surface area (Å²) in [5.41, 5.74) is -0.997. The van der Waals surface area contributed by atoms with Crippen LogP contribution in [0.15, 0.2) is 52.0 Å². The monoisotopic (exact) mass is 450 g/mol. The Kier molecular flexibility index (Phi) is 5.27. The summed E-state index contributed by atoms with van der Waals surface area (Å²) in [4.78, 5) is 3.68. The van der Waals surface area contributed by atoms with E-state index in [1.165, 1.54) is 0 Å². The zero-order chi connectivity index (χ0) is 18.9. The summed E-state index contributed by atoms with van der Waals surface area (Å²) < 4.78 is 71.3. The number of aromatic nitrogens is 1. The summed E-state index contributed by atoms with van der Waals surface area (Å²) in [6.07, 6.45) is -3.07. The summed E-state index contributed by atoms with van der Waals surface area (Å²) in [6.45, 7) is 0.204. The average Bonchev–Trinajstić information content (AvgIpc) is 3.06. The molecule has 3 rings (SSSR count). The smallest absolute Gasteiger partial charge is 0.416 e. The molecule has 1 saturated heterocycles. The molecule has 0 aliphatic carbocycles. The van der Waals surface area contributed by atoms with Crippen LogP contribution in [0, 0.1) is 0 Å². The van der Waals surface area contributed by atoms with Gasteiger partial charge in [-0.1, -0.05) is 6.07 Å². The van der Waals surface area contributed by atoms with Crippen LogP contribution in [0.4, 0.5) is 13.2 Å². The number of benzene rings is 1. The van der Waals surface area contributed by atoms with Crippen LogP contribution in [0.2, 0.25) is 0 Å². The van der Waals surface area contributed by atoms with Crippen molar-refractivity contribution in [3.05, 3.63) is 52.6 Å². The van der Waals surface area contributed by atoms with E-state index in [2.05, 4.69) is 20.9 Å². The van der Waals surface area contributed by atoms with Crippen LogP contribution in [-0.4, -0.2) is 36.9 Å². The van der Waals surface area contributed by atoms with Gasteiger partial charge in [-0.15, -0.1) is 0 Å². The zero-order valence-corrected chi connectivity index (χ0v) is 15.7. The van der Waals surface area contributed by atoms with Gasteiger partial charge >= 0.3 is 6.18 Å². The van der Waals surface area contributed by atoms with Crippen LogP contribution in [0.3, 0.4) is 0 Å². The summed E-state index contributed by atoms with van der Waals surface area (Å²) in [7, 11) is -4.04. The van der Waals surface area contributed by atoms with Gasteiger partial charge in [-0.05, 0) is 52.7 Å². The minimum atomic E-state index is -4.60. The molecule has 0 saturated carbocycles. The van der Waals surface area contributed by atoms with Gasteiger partial charge in [-0.25, -0.2) is 13.4 Å². The van der Waals surface area contributed by atoms with E-state index in [0.29, 0.717) is 22.8 Å². The Bertz CT molecular complexity index is 906. The third-order valence-corrected chi connectivity index (χ3v) is 6.37. The molecule has 1 unspecified atom stereocenters. The van der Waals surface area contributed by atoms with Crippen molar-refractivity contribution in [3.8, 4) is 5.88 Å². The number of pyridine rings is 1. The Balaban J connectivity index is 1.76. The molecule has 5 nitrogen and oxygen atoms in total. The first-order valence-corrected chi connectivity index (χ1v) is 9.86. The summed E-state index contributed by atoms with van der Waals surface area (Å²) in [5, 5.41) is 0. The van der Waals surface area contributed by atoms with E-state index in [4.69, 9.17) is 4.74 Å². The van der Waals surface area contributed by atoms with Crippen molar-refractivity contribution in [2.45, 2.75) is 23.6 Å². The fraction of sp³-hybridized carbons (Fsp3) is 0.312. The van der Waals surface area contributed by atoms with Crippen LogP contribution in [0.25, 0.3) is 0 Å². The lowest BCUT2D eigenvalue weighted by Gasteiger charge is -2.18. The number of nitrogens with zero attached hydrogens (tertiary/aromatic N) is 2. The van der Waals surface area contributed by atoms with E-state index in [-0.39, 0.29) is 18.0 Å². The van der Waals surface area contributed by atoms with Gasteiger partial charge in [0.05, 0.1) is 21.5 Å². The molecular weight excluding hydrogens is 437 g/mol. The molecule has 1 fully saturated rings. The second kappa shape index (κ2) is 7.16. The molecule has 1 aromatic carbocycles. The van der Waals surface area contributed by atoms with Crippen molar-refractivity contribution in [2.24, 2.45) is 0 Å². The van der Waals surface area contributed by atoms with Crippen LogP contribution >= 0.6 is 15.9 Å². The number of hydrogen-bond acceptors (Lipinski definition) is 4. The zero-order valence-electron chi connectivity index (χ0n) is 13.3. The Hall–Kier alpha value is -1.65. The van der Waals surface area contributed by atoms with Crippen LogP contribution in [-0.2, 0) is 16.2 Å². The number of sulfonamides is 1. The van der Waals surface area contributed by atoms with Crippen molar-refractivity contribution >= 4 is 26.0 Å². The molecule has 0 spiro atoms. The van der Waals surface area contributed by atoms with Crippen molar-refractivity contribution in [1.82, 2.24) is 9.29 Å². The Labute approximate surface area is 157 Å². The molecule has 26 heavy (non-hydrogen) atoms. The summed E-state index contributed by atoms with van der Waals surface area (Å²) in [5.74, 6) is 0.343. The van der Waals surface area contributed by atoms with Crippen molar-refractivity contribution < 1.29 is 26.3 Å². The first-order valence-electron chi connectivity index (χ1n) is 7.62. The van der Waals surface area contributed by atoms with Crippen LogP contribution in [0.1, 0.15) is 12.0 Å². The van der Waals surface area contributed by atoms with Gasteiger partial charge in [0.15, 0.2) is 0 Å². The molecule has 0 bridgehead atoms. The highest BCUT2D eigenvalue weighted by Crippen LogP contribution is 2.32. The van der Waals surface area contributed by atoms with Crippen molar-refractivity contribution in [2.75, 3.05) is 13.1 Å². The van der Waals surface area contributed by atoms with Gasteiger partial charge in [0.1, 0.15) is 6.10 Å². The lowest BCUT2D eigenvalue weighted by molar-refractivity contribution is -0.137. The maximum absolute atomic E-state index is 12.8. The van der Waals surface area contributed by atoms with E-state index in [0.717, 1.165) is 22.5 Å². The summed E-state index contributed by atoms with van der Waals surface area (Å²) >= 11 is 3.30. The minimum absolute atomic E-state index is 0.0432. The Morgan fingerprint density at radius 3 is 2.69 bits per heavy atom. The third-order valence-electron chi connectivity index (χ3n) is 3.91. The van der Waals surface area contributed by atoms with E-state index >= 15 is 0 Å². The van der Waals surface area contributed by atoms with Gasteiger partial charge in [0.25, 0.3) is 0 Å². The quantitative estimate of drug-likeness (QED) is 0.712. The number of alkyl halides is 3. The molecule has 1 aliphatic heterocycles. The number of ether oxygens (including phenoxy) is 1. The first-order chi connectivity index (χ1) is 12.2. The molecule has 2 aromatic rings. The van der Waals surface area contributed by atoms with Crippen molar-refractivity contribution in [3.63, 3.8) is 0 Å². The first kappa shape index (κ1) is 19.1. The second-order valence-electron chi connectivity index (χ2n) is 5.71. The highest BCUT2D eigenvalue weighted by molar-refractivity contribution is 9.10. The van der Waals surface area contributed by atoms with E-state index in [9.17, 15) is 21.6 Å². The predicted molar refractivity (Wildman–Crippen MR) is 91.2 cm³/mol. The second-order valence-corrected chi connectivity index (χ2v) is 8.50. The third kappa shape index (κ3) is 4.02. The predicted octanol–water partition coefficient (Wildman–Crippen LogP) is 3.70. The normalized spacial score (nSPS) is 18.8. The highest BCUT2D eigenvalue weighted by atomic mass is 79.9. The molecule has 1 atom stereocenters. The highest BCUT2D eigenvalue weighted by Gasteiger charge is 2.36. The summed E-state index contributed by atoms with van der Waals surface area (Å²) in [6, 6.07) is 7.20. The maximum Gasteiger partial charge on any atom is 0.416 e. The van der Waals surface area contributed by atoms with Crippen LogP contribution < -0.4 is 4.74 Å². The molecular formula is C16H14BrF3N2O3S. The lowest BCUT2D eigenvalue weighted by atomic mass is 10.2. The van der Waals surface area contributed by atoms with E-state index in [1.54, 1.807) is 18.3 Å². The average molecular weight is 451 g/mol. The molecule has 0 radical (unpaired) electrons. The minimum Gasteiger partial charge on any atom is -0.472 e. The SMILES string of the molecule is O=S(=O)(c1cccc(C(F)(F)F)c1)N1CCC(Oc2ncccc2Br)C1. The fourth-order valence-electron chi connectivity index (χ4n) is 2.61. The topological polar surface area (TPSA) is 59.5 Å². The van der Waals surface area contributed by atoms with E-state index in [1.807, 2.05) is 0 Å². The molecule has 2 heterocycles. The van der Waals surface area contributed by atoms with Gasteiger partial charge in [0.2, 0.25) is 15.9 Å². The molecule has 10 heteroatoms. The van der Waals surface area contributed by atoms with Gasteiger partial charge < -0.3 is 4.74 Å². The van der Waals surface area contributed by atoms with Crippen LogP contribution in [0.5, 0.6) is 5.88 Å². The molecule has 140 valence electrons. The molecule has 1 aliphatic rings. The van der Waals surface area contributed by atoms with Crippen molar-refractivity contribution in [1.29, 1.82) is 0 Å². The molecule has 0 N–H and O–H groups in total. The Morgan fingerprint density at radius 1 is 1.23 bits per heavy atom. The molecule has 0 amide bonds. The van der Waals surface area contributed by atoms with Gasteiger partial charge in [-0.3, -0.25) is 0 Å². The number of rotatable bonds is 4. The standard InChI is InChI=1S/C16H14BrF3N2O3S/c17-14-5-2-7-21-15(14)25-12-6-8-22(10-12)26(23,24)13-4-1-3-11(9-13)16(18,19)20/h1-5,7,9,12H,6,8,10H2. The fourth-order valence-corrected chi connectivity index (χ4v) is 4.49. The molecule has 1 aromatic heterocycles. The largest absolute Gasteiger partial charge is 0.472 e. The van der Waals surface area contributed by atoms with E-state index < -0.39 is 27.9 Å². The van der Waals surface area contributed by atoms with Gasteiger partial charge in [0, 0.05) is 12.7 Å². The van der Waals surface area contributed by atoms with Gasteiger partial charge in [-0.2, -0.15) is 17.5 Å². The lowest BCUT2D eigenvalue weighted by Crippen LogP contribution is -2.31.